The number of H-pyrrole nitrogens is 1. The number of aromatic amines is 1. The minimum absolute atomic E-state index is 0.00722. The summed E-state index contributed by atoms with van der Waals surface area (Å²) >= 11 is 0. The zero-order valence-electron chi connectivity index (χ0n) is 13.4. The van der Waals surface area contributed by atoms with Gasteiger partial charge in [-0.2, -0.15) is 0 Å². The van der Waals surface area contributed by atoms with E-state index in [4.69, 9.17) is 4.74 Å². The first kappa shape index (κ1) is 15.2. The van der Waals surface area contributed by atoms with Crippen LogP contribution < -0.4 is 10.7 Å². The topological polar surface area (TPSA) is 71.2 Å². The van der Waals surface area contributed by atoms with Gasteiger partial charge < -0.3 is 9.72 Å². The van der Waals surface area contributed by atoms with Crippen LogP contribution in [0, 0.1) is 0 Å². The van der Waals surface area contributed by atoms with Crippen molar-refractivity contribution >= 4 is 11.8 Å². The number of carbonyl (C=O) groups excluding carboxylic acids is 1. The van der Waals surface area contributed by atoms with Crippen LogP contribution in [0.25, 0.3) is 11.1 Å². The van der Waals surface area contributed by atoms with E-state index in [-0.39, 0.29) is 23.6 Å². The van der Waals surface area contributed by atoms with Gasteiger partial charge in [-0.1, -0.05) is 48.5 Å². The third kappa shape index (κ3) is 2.80. The van der Waals surface area contributed by atoms with Gasteiger partial charge in [0.15, 0.2) is 0 Å². The summed E-state index contributed by atoms with van der Waals surface area (Å²) in [5.74, 6) is -0.00722. The van der Waals surface area contributed by atoms with Crippen molar-refractivity contribution in [2.75, 3.05) is 11.9 Å². The minimum atomic E-state index is -0.640. The lowest BCUT2D eigenvalue weighted by Crippen LogP contribution is -2.21. The number of nitrogens with one attached hydrogen (secondary N) is 2. The number of fused-ring (bicyclic) bond motifs is 3. The summed E-state index contributed by atoms with van der Waals surface area (Å²) < 4.78 is 5.40. The van der Waals surface area contributed by atoms with Gasteiger partial charge in [-0.05, 0) is 22.3 Å². The lowest BCUT2D eigenvalue weighted by Gasteiger charge is -2.14. The van der Waals surface area contributed by atoms with Gasteiger partial charge in [0.2, 0.25) is 5.43 Å². The van der Waals surface area contributed by atoms with Gasteiger partial charge in [0, 0.05) is 24.4 Å². The van der Waals surface area contributed by atoms with E-state index in [1.807, 2.05) is 24.3 Å². The first-order valence-corrected chi connectivity index (χ1v) is 8.03. The second-order valence-corrected chi connectivity index (χ2v) is 5.87. The van der Waals surface area contributed by atoms with Crippen molar-refractivity contribution < 1.29 is 9.53 Å². The lowest BCUT2D eigenvalue weighted by atomic mass is 9.98. The molecule has 0 unspecified atom stereocenters. The van der Waals surface area contributed by atoms with Crippen molar-refractivity contribution in [2.45, 2.75) is 5.92 Å². The molecule has 1 aromatic heterocycles. The number of amides is 1. The fourth-order valence-electron chi connectivity index (χ4n) is 3.26. The highest BCUT2D eigenvalue weighted by Gasteiger charge is 2.29. The maximum atomic E-state index is 12.1. The molecule has 2 N–H and O–H groups in total. The molecular formula is C20H16N2O3. The highest BCUT2D eigenvalue weighted by atomic mass is 16.5. The van der Waals surface area contributed by atoms with Gasteiger partial charge in [0.1, 0.15) is 12.3 Å². The van der Waals surface area contributed by atoms with E-state index in [1.165, 1.54) is 29.6 Å². The molecule has 0 saturated carbocycles. The van der Waals surface area contributed by atoms with E-state index in [1.54, 1.807) is 0 Å². The van der Waals surface area contributed by atoms with E-state index >= 15 is 0 Å². The summed E-state index contributed by atoms with van der Waals surface area (Å²) in [6, 6.07) is 17.6. The molecule has 3 aromatic rings. The third-order valence-corrected chi connectivity index (χ3v) is 4.40. The number of carbonyl (C=O) groups is 1. The van der Waals surface area contributed by atoms with Crippen LogP contribution in [0.15, 0.2) is 71.8 Å². The average Bonchev–Trinajstić information content (AvgIpc) is 2.96. The molecule has 5 heteroatoms. The number of hydrogen-bond donors (Lipinski definition) is 2. The predicted octanol–water partition coefficient (Wildman–Crippen LogP) is 3.74. The molecule has 1 heterocycles. The van der Waals surface area contributed by atoms with Crippen molar-refractivity contribution in [3.63, 3.8) is 0 Å². The Kier molecular flexibility index (Phi) is 3.82. The lowest BCUT2D eigenvalue weighted by molar-refractivity contribution is 0.158. The van der Waals surface area contributed by atoms with E-state index in [2.05, 4.69) is 34.6 Å². The van der Waals surface area contributed by atoms with Crippen LogP contribution in [0.4, 0.5) is 10.5 Å². The third-order valence-electron chi connectivity index (χ3n) is 4.40. The molecule has 2 aromatic carbocycles. The Labute approximate surface area is 144 Å². The van der Waals surface area contributed by atoms with Crippen LogP contribution in [0.3, 0.4) is 0 Å². The molecule has 0 spiro atoms. The number of aromatic nitrogens is 1. The zero-order valence-corrected chi connectivity index (χ0v) is 13.4. The van der Waals surface area contributed by atoms with Crippen molar-refractivity contribution in [2.24, 2.45) is 0 Å². The van der Waals surface area contributed by atoms with Crippen LogP contribution in [0.5, 0.6) is 0 Å². The molecular weight excluding hydrogens is 316 g/mol. The van der Waals surface area contributed by atoms with Crippen LogP contribution in [0.2, 0.25) is 0 Å². The van der Waals surface area contributed by atoms with Gasteiger partial charge in [0.25, 0.3) is 0 Å². The highest BCUT2D eigenvalue weighted by molar-refractivity contribution is 5.84. The van der Waals surface area contributed by atoms with E-state index in [0.717, 1.165) is 11.1 Å². The molecule has 0 saturated heterocycles. The van der Waals surface area contributed by atoms with Crippen molar-refractivity contribution in [3.05, 3.63) is 88.3 Å². The van der Waals surface area contributed by atoms with Gasteiger partial charge in [-0.15, -0.1) is 0 Å². The number of rotatable bonds is 3. The number of pyridine rings is 1. The fourth-order valence-corrected chi connectivity index (χ4v) is 3.26. The zero-order chi connectivity index (χ0) is 17.2. The van der Waals surface area contributed by atoms with E-state index in [0.29, 0.717) is 0 Å². The molecule has 0 aliphatic heterocycles. The Balaban J connectivity index is 1.52. The van der Waals surface area contributed by atoms with Crippen LogP contribution in [-0.2, 0) is 4.74 Å². The Morgan fingerprint density at radius 1 is 1.00 bits per heavy atom. The Morgan fingerprint density at radius 3 is 2.28 bits per heavy atom. The Bertz CT molecular complexity index is 948. The van der Waals surface area contributed by atoms with Crippen molar-refractivity contribution in [1.82, 2.24) is 4.98 Å². The summed E-state index contributed by atoms with van der Waals surface area (Å²) in [7, 11) is 0. The molecule has 5 nitrogen and oxygen atoms in total. The molecule has 0 atom stereocenters. The molecule has 0 bridgehead atoms. The Hall–Kier alpha value is -3.34. The van der Waals surface area contributed by atoms with Gasteiger partial charge in [-0.3, -0.25) is 10.1 Å². The molecule has 1 aliphatic rings. The maximum absolute atomic E-state index is 12.1. The van der Waals surface area contributed by atoms with Crippen LogP contribution in [-0.4, -0.2) is 17.7 Å². The first-order chi connectivity index (χ1) is 12.2. The molecule has 0 fully saturated rings. The molecule has 0 radical (unpaired) electrons. The summed E-state index contributed by atoms with van der Waals surface area (Å²) in [5.41, 5.74) is 4.54. The Morgan fingerprint density at radius 2 is 1.64 bits per heavy atom. The highest BCUT2D eigenvalue weighted by Crippen LogP contribution is 2.44. The molecule has 25 heavy (non-hydrogen) atoms. The smallest absolute Gasteiger partial charge is 0.411 e. The molecule has 1 amide bonds. The monoisotopic (exact) mass is 332 g/mol. The SMILES string of the molecule is O=C(Nc1c[nH]ccc1=O)OCC1c2ccccc2-c2ccccc21. The van der Waals surface area contributed by atoms with Gasteiger partial charge >= 0.3 is 6.09 Å². The average molecular weight is 332 g/mol. The first-order valence-electron chi connectivity index (χ1n) is 8.03. The second kappa shape index (κ2) is 6.28. The quantitative estimate of drug-likeness (QED) is 0.767. The number of hydrogen-bond acceptors (Lipinski definition) is 3. The fraction of sp³-hybridized carbons (Fsp3) is 0.100. The molecule has 1 aliphatic carbocycles. The van der Waals surface area contributed by atoms with Gasteiger partial charge in [-0.25, -0.2) is 4.79 Å². The normalized spacial score (nSPS) is 12.3. The summed E-state index contributed by atoms with van der Waals surface area (Å²) in [6.45, 7) is 0.213. The van der Waals surface area contributed by atoms with Crippen molar-refractivity contribution in [3.8, 4) is 11.1 Å². The van der Waals surface area contributed by atoms with Crippen molar-refractivity contribution in [1.29, 1.82) is 0 Å². The number of benzene rings is 2. The van der Waals surface area contributed by atoms with E-state index in [9.17, 15) is 9.59 Å². The summed E-state index contributed by atoms with van der Waals surface area (Å²) in [4.78, 5) is 26.5. The van der Waals surface area contributed by atoms with Crippen LogP contribution >= 0.6 is 0 Å². The second-order valence-electron chi connectivity index (χ2n) is 5.87. The number of anilines is 1. The number of ether oxygens (including phenoxy) is 1. The maximum Gasteiger partial charge on any atom is 0.411 e. The molecule has 124 valence electrons. The minimum Gasteiger partial charge on any atom is -0.448 e. The summed E-state index contributed by atoms with van der Waals surface area (Å²) in [5, 5.41) is 2.48. The van der Waals surface area contributed by atoms with Crippen LogP contribution in [0.1, 0.15) is 17.0 Å². The van der Waals surface area contributed by atoms with Gasteiger partial charge in [0.05, 0.1) is 0 Å². The largest absolute Gasteiger partial charge is 0.448 e. The molecule has 4 rings (SSSR count). The standard InChI is InChI=1S/C20H16N2O3/c23-19-9-10-21-11-18(19)22-20(24)25-12-17-15-7-3-1-5-13(15)14-6-2-4-8-16(14)17/h1-11,17H,12H2,(H,21,23)(H,22,24). The van der Waals surface area contributed by atoms with E-state index < -0.39 is 6.09 Å². The summed E-state index contributed by atoms with van der Waals surface area (Å²) in [6.07, 6.45) is 2.30. The predicted molar refractivity (Wildman–Crippen MR) is 95.8 cm³/mol.